The molecule has 0 bridgehead atoms. The number of aryl methyl sites for hydroxylation is 1. The van der Waals surface area contributed by atoms with Crippen LogP contribution in [0.25, 0.3) is 5.69 Å². The van der Waals surface area contributed by atoms with Crippen molar-refractivity contribution in [1.29, 1.82) is 0 Å². The van der Waals surface area contributed by atoms with Gasteiger partial charge in [0, 0.05) is 5.56 Å². The fourth-order valence-corrected chi connectivity index (χ4v) is 3.54. The summed E-state index contributed by atoms with van der Waals surface area (Å²) in [5.41, 5.74) is 4.60. The number of rotatable bonds is 1. The maximum absolute atomic E-state index is 4.83. The Morgan fingerprint density at radius 2 is 2.00 bits per heavy atom. The molecule has 20 heavy (non-hydrogen) atoms. The highest BCUT2D eigenvalue weighted by Gasteiger charge is 2.21. The summed E-state index contributed by atoms with van der Waals surface area (Å²) < 4.78 is 2.21. The summed E-state index contributed by atoms with van der Waals surface area (Å²) >= 11 is 1.74. The molecule has 0 radical (unpaired) electrons. The number of aromatic nitrogens is 2. The molecule has 0 saturated carbocycles. The van der Waals surface area contributed by atoms with Crippen LogP contribution < -0.4 is 0 Å². The van der Waals surface area contributed by atoms with Gasteiger partial charge in [-0.25, -0.2) is 4.98 Å². The molecule has 0 saturated heterocycles. The Bertz CT molecular complexity index is 796. The summed E-state index contributed by atoms with van der Waals surface area (Å²) in [5, 5.41) is 2.12. The number of fused-ring (bicyclic) bond motifs is 3. The van der Waals surface area contributed by atoms with Gasteiger partial charge in [-0.2, -0.15) is 0 Å². The second kappa shape index (κ2) is 4.42. The van der Waals surface area contributed by atoms with Gasteiger partial charge < -0.3 is 0 Å². The quantitative estimate of drug-likeness (QED) is 0.669. The minimum atomic E-state index is 0.673. The van der Waals surface area contributed by atoms with Crippen LogP contribution in [0.5, 0.6) is 0 Å². The lowest BCUT2D eigenvalue weighted by molar-refractivity contribution is 0.892. The number of hydrogen-bond acceptors (Lipinski definition) is 3. The molecule has 0 amide bonds. The Morgan fingerprint density at radius 1 is 1.15 bits per heavy atom. The molecule has 4 heteroatoms. The van der Waals surface area contributed by atoms with Gasteiger partial charge in [0.15, 0.2) is 0 Å². The van der Waals surface area contributed by atoms with E-state index in [4.69, 9.17) is 4.99 Å². The highest BCUT2D eigenvalue weighted by Crippen LogP contribution is 2.30. The van der Waals surface area contributed by atoms with Crippen molar-refractivity contribution >= 4 is 17.0 Å². The first-order valence-corrected chi connectivity index (χ1v) is 7.44. The third-order valence-corrected chi connectivity index (χ3v) is 4.47. The molecule has 1 aromatic carbocycles. The third kappa shape index (κ3) is 1.65. The predicted octanol–water partition coefficient (Wildman–Crippen LogP) is 3.59. The second-order valence-electron chi connectivity index (χ2n) is 4.80. The van der Waals surface area contributed by atoms with E-state index < -0.39 is 0 Å². The van der Waals surface area contributed by atoms with Crippen LogP contribution in [0, 0.1) is 6.92 Å². The topological polar surface area (TPSA) is 30.2 Å². The van der Waals surface area contributed by atoms with Crippen molar-refractivity contribution in [3.8, 4) is 5.69 Å². The van der Waals surface area contributed by atoms with Crippen LogP contribution in [-0.2, 0) is 6.54 Å². The van der Waals surface area contributed by atoms with Crippen molar-refractivity contribution in [2.45, 2.75) is 13.5 Å². The van der Waals surface area contributed by atoms with Gasteiger partial charge in [0.05, 0.1) is 34.7 Å². The first kappa shape index (κ1) is 11.6. The summed E-state index contributed by atoms with van der Waals surface area (Å²) in [6, 6.07) is 12.5. The molecule has 0 spiro atoms. The fourth-order valence-electron chi connectivity index (χ4n) is 2.64. The van der Waals surface area contributed by atoms with Crippen LogP contribution in [0.1, 0.15) is 22.0 Å². The molecule has 0 N–H and O–H groups in total. The van der Waals surface area contributed by atoms with Gasteiger partial charge >= 0.3 is 0 Å². The van der Waals surface area contributed by atoms with E-state index in [9.17, 15) is 0 Å². The molecular formula is C16H13N3S. The highest BCUT2D eigenvalue weighted by atomic mass is 32.1. The first-order valence-electron chi connectivity index (χ1n) is 6.56. The van der Waals surface area contributed by atoms with Gasteiger partial charge in [-0.05, 0) is 18.4 Å². The zero-order valence-corrected chi connectivity index (χ0v) is 11.9. The van der Waals surface area contributed by atoms with Crippen molar-refractivity contribution in [2.24, 2.45) is 4.99 Å². The molecule has 3 heterocycles. The van der Waals surface area contributed by atoms with E-state index in [1.807, 2.05) is 19.2 Å². The van der Waals surface area contributed by atoms with Crippen molar-refractivity contribution in [3.63, 3.8) is 0 Å². The molecule has 0 unspecified atom stereocenters. The van der Waals surface area contributed by atoms with Crippen LogP contribution in [0.15, 0.2) is 53.0 Å². The molecule has 2 aromatic heterocycles. The zero-order chi connectivity index (χ0) is 13.5. The lowest BCUT2D eigenvalue weighted by Gasteiger charge is -2.08. The third-order valence-electron chi connectivity index (χ3n) is 3.56. The number of nitrogens with zero attached hydrogens (tertiary/aromatic N) is 3. The van der Waals surface area contributed by atoms with Crippen molar-refractivity contribution < 1.29 is 0 Å². The lowest BCUT2D eigenvalue weighted by atomic mass is 10.1. The monoisotopic (exact) mass is 279 g/mol. The highest BCUT2D eigenvalue weighted by molar-refractivity contribution is 7.12. The molecule has 98 valence electrons. The minimum absolute atomic E-state index is 0.673. The number of hydrogen-bond donors (Lipinski definition) is 0. The van der Waals surface area contributed by atoms with E-state index in [-0.39, 0.29) is 0 Å². The predicted molar refractivity (Wildman–Crippen MR) is 82.0 cm³/mol. The standard InChI is InChI=1S/C16H13N3S/c1-11-17-9-13-10-18-15(12-5-3-2-4-6-12)16-14(19(11)13)7-8-20-16/h2-9H,10H2,1H3. The van der Waals surface area contributed by atoms with Crippen LogP contribution in [0.3, 0.4) is 0 Å². The minimum Gasteiger partial charge on any atom is -0.298 e. The Morgan fingerprint density at radius 3 is 2.85 bits per heavy atom. The molecular weight excluding hydrogens is 266 g/mol. The van der Waals surface area contributed by atoms with Gasteiger partial charge in [-0.1, -0.05) is 30.3 Å². The maximum atomic E-state index is 4.83. The molecule has 0 atom stereocenters. The molecule has 1 aliphatic rings. The normalized spacial score (nSPS) is 13.3. The van der Waals surface area contributed by atoms with E-state index in [0.717, 1.165) is 17.2 Å². The second-order valence-corrected chi connectivity index (χ2v) is 5.71. The van der Waals surface area contributed by atoms with E-state index in [1.165, 1.54) is 16.1 Å². The zero-order valence-electron chi connectivity index (χ0n) is 11.1. The summed E-state index contributed by atoms with van der Waals surface area (Å²) in [5.74, 6) is 1.02. The Hall–Kier alpha value is -2.20. The summed E-state index contributed by atoms with van der Waals surface area (Å²) in [6.45, 7) is 2.71. The largest absolute Gasteiger partial charge is 0.298 e. The number of benzene rings is 1. The smallest absolute Gasteiger partial charge is 0.110 e. The van der Waals surface area contributed by atoms with Crippen LogP contribution in [-0.4, -0.2) is 15.3 Å². The van der Waals surface area contributed by atoms with E-state index in [2.05, 4.69) is 45.3 Å². The van der Waals surface area contributed by atoms with E-state index in [0.29, 0.717) is 6.54 Å². The summed E-state index contributed by atoms with van der Waals surface area (Å²) in [7, 11) is 0. The molecule has 1 aliphatic heterocycles. The average molecular weight is 279 g/mol. The van der Waals surface area contributed by atoms with E-state index in [1.54, 1.807) is 11.3 Å². The van der Waals surface area contributed by atoms with Crippen LogP contribution in [0.2, 0.25) is 0 Å². The molecule has 0 fully saturated rings. The Labute approximate surface area is 121 Å². The first-order chi connectivity index (χ1) is 9.84. The molecule has 4 rings (SSSR count). The van der Waals surface area contributed by atoms with Gasteiger partial charge in [0.1, 0.15) is 5.82 Å². The van der Waals surface area contributed by atoms with Gasteiger partial charge in [0.2, 0.25) is 0 Å². The van der Waals surface area contributed by atoms with Gasteiger partial charge in [-0.15, -0.1) is 11.3 Å². The lowest BCUT2D eigenvalue weighted by Crippen LogP contribution is -2.04. The molecule has 3 nitrogen and oxygen atoms in total. The summed E-state index contributed by atoms with van der Waals surface area (Å²) in [6.07, 6.45) is 1.92. The van der Waals surface area contributed by atoms with Gasteiger partial charge in [-0.3, -0.25) is 9.56 Å². The van der Waals surface area contributed by atoms with E-state index >= 15 is 0 Å². The van der Waals surface area contributed by atoms with Crippen molar-refractivity contribution in [3.05, 3.63) is 69.9 Å². The SMILES string of the molecule is Cc1ncc2n1-c1ccsc1C(c1ccccc1)=NC2. The maximum Gasteiger partial charge on any atom is 0.110 e. The number of thiophene rings is 1. The molecule has 3 aromatic rings. The fraction of sp³-hybridized carbons (Fsp3) is 0.125. The number of imidazole rings is 1. The van der Waals surface area contributed by atoms with Crippen LogP contribution in [0.4, 0.5) is 0 Å². The van der Waals surface area contributed by atoms with Crippen LogP contribution >= 0.6 is 11.3 Å². The average Bonchev–Trinajstić information content (AvgIpc) is 3.04. The molecule has 0 aliphatic carbocycles. The van der Waals surface area contributed by atoms with Crippen molar-refractivity contribution in [2.75, 3.05) is 0 Å². The van der Waals surface area contributed by atoms with Crippen molar-refractivity contribution in [1.82, 2.24) is 9.55 Å². The Balaban J connectivity index is 1.96. The summed E-state index contributed by atoms with van der Waals surface area (Å²) in [4.78, 5) is 10.5. The number of aliphatic imine (C=N–C) groups is 1. The van der Waals surface area contributed by atoms with Gasteiger partial charge in [0.25, 0.3) is 0 Å². The Kier molecular flexibility index (Phi) is 2.57.